The maximum atomic E-state index is 12.1. The molecule has 1 saturated heterocycles. The Hall–Kier alpha value is -1.10. The number of carboxylic acids is 1. The van der Waals surface area contributed by atoms with Gasteiger partial charge in [-0.15, -0.1) is 0 Å². The van der Waals surface area contributed by atoms with Crippen molar-refractivity contribution in [1.82, 2.24) is 9.80 Å². The smallest absolute Gasteiger partial charge is 0.324 e. The van der Waals surface area contributed by atoms with E-state index in [1.54, 1.807) is 11.9 Å². The van der Waals surface area contributed by atoms with E-state index in [1.165, 1.54) is 0 Å². The average Bonchev–Trinajstić information content (AvgIpc) is 2.72. The summed E-state index contributed by atoms with van der Waals surface area (Å²) >= 11 is 0. The number of carbonyl (C=O) groups is 2. The Labute approximate surface area is 115 Å². The highest BCUT2D eigenvalue weighted by Gasteiger charge is 2.47. The SMILES string of the molecule is CCCC1(C(=O)O)CCCN1CC(=O)N(C)C(C)C. The van der Waals surface area contributed by atoms with Crippen LogP contribution in [0.15, 0.2) is 0 Å². The number of hydrogen-bond acceptors (Lipinski definition) is 3. The van der Waals surface area contributed by atoms with E-state index in [9.17, 15) is 14.7 Å². The van der Waals surface area contributed by atoms with E-state index in [-0.39, 0.29) is 18.5 Å². The first-order valence-electron chi connectivity index (χ1n) is 7.09. The number of carbonyl (C=O) groups excluding carboxylic acids is 1. The van der Waals surface area contributed by atoms with Crippen molar-refractivity contribution >= 4 is 11.9 Å². The van der Waals surface area contributed by atoms with Crippen molar-refractivity contribution in [3.63, 3.8) is 0 Å². The zero-order valence-electron chi connectivity index (χ0n) is 12.5. The predicted octanol–water partition coefficient (Wildman–Crippen LogP) is 1.57. The van der Waals surface area contributed by atoms with Gasteiger partial charge in [-0.1, -0.05) is 13.3 Å². The van der Waals surface area contributed by atoms with Crippen LogP contribution >= 0.6 is 0 Å². The molecule has 0 bridgehead atoms. The summed E-state index contributed by atoms with van der Waals surface area (Å²) in [6, 6.07) is 0.139. The molecule has 19 heavy (non-hydrogen) atoms. The van der Waals surface area contributed by atoms with Gasteiger partial charge >= 0.3 is 5.97 Å². The molecule has 1 atom stereocenters. The molecule has 1 amide bonds. The summed E-state index contributed by atoms with van der Waals surface area (Å²) < 4.78 is 0. The Morgan fingerprint density at radius 1 is 1.42 bits per heavy atom. The third-order valence-electron chi connectivity index (χ3n) is 4.18. The molecule has 110 valence electrons. The molecule has 0 aliphatic carbocycles. The Bertz CT molecular complexity index is 344. The molecule has 1 fully saturated rings. The summed E-state index contributed by atoms with van der Waals surface area (Å²) in [5.41, 5.74) is -0.831. The van der Waals surface area contributed by atoms with Crippen molar-refractivity contribution in [3.05, 3.63) is 0 Å². The van der Waals surface area contributed by atoms with Gasteiger partial charge in [0.1, 0.15) is 5.54 Å². The number of hydrogen-bond donors (Lipinski definition) is 1. The second-order valence-corrected chi connectivity index (χ2v) is 5.71. The van der Waals surface area contributed by atoms with Crippen LogP contribution < -0.4 is 0 Å². The highest BCUT2D eigenvalue weighted by atomic mass is 16.4. The molecule has 1 aliphatic rings. The molecule has 0 radical (unpaired) electrons. The molecule has 5 nitrogen and oxygen atoms in total. The van der Waals surface area contributed by atoms with Crippen molar-refractivity contribution in [2.75, 3.05) is 20.1 Å². The molecule has 1 heterocycles. The van der Waals surface area contributed by atoms with E-state index in [0.29, 0.717) is 19.4 Å². The summed E-state index contributed by atoms with van der Waals surface area (Å²) in [7, 11) is 1.77. The normalized spacial score (nSPS) is 23.8. The van der Waals surface area contributed by atoms with E-state index < -0.39 is 11.5 Å². The fourth-order valence-corrected chi connectivity index (χ4v) is 2.77. The number of amides is 1. The number of carboxylic acid groups (broad SMARTS) is 1. The second kappa shape index (κ2) is 6.37. The van der Waals surface area contributed by atoms with Gasteiger partial charge in [0.25, 0.3) is 0 Å². The monoisotopic (exact) mass is 270 g/mol. The lowest BCUT2D eigenvalue weighted by Gasteiger charge is -2.35. The molecule has 0 aromatic carbocycles. The summed E-state index contributed by atoms with van der Waals surface area (Å²) in [6.07, 6.45) is 2.93. The lowest BCUT2D eigenvalue weighted by Crippen LogP contribution is -2.54. The predicted molar refractivity (Wildman–Crippen MR) is 74.0 cm³/mol. The Morgan fingerprint density at radius 2 is 2.05 bits per heavy atom. The first-order chi connectivity index (χ1) is 8.85. The van der Waals surface area contributed by atoms with E-state index in [2.05, 4.69) is 0 Å². The highest BCUT2D eigenvalue weighted by molar-refractivity contribution is 5.82. The van der Waals surface area contributed by atoms with Crippen molar-refractivity contribution in [3.8, 4) is 0 Å². The number of rotatable bonds is 6. The van der Waals surface area contributed by atoms with Crippen molar-refractivity contribution in [2.24, 2.45) is 0 Å². The van der Waals surface area contributed by atoms with E-state index >= 15 is 0 Å². The first kappa shape index (κ1) is 16.0. The Morgan fingerprint density at radius 3 is 2.53 bits per heavy atom. The zero-order chi connectivity index (χ0) is 14.6. The lowest BCUT2D eigenvalue weighted by molar-refractivity contribution is -0.151. The molecule has 0 aromatic rings. The summed E-state index contributed by atoms with van der Waals surface area (Å²) in [4.78, 5) is 27.3. The molecular formula is C14H26N2O3. The number of nitrogens with zero attached hydrogens (tertiary/aromatic N) is 2. The van der Waals surface area contributed by atoms with Crippen LogP contribution in [0.5, 0.6) is 0 Å². The molecule has 1 unspecified atom stereocenters. The van der Waals surface area contributed by atoms with E-state index in [0.717, 1.165) is 12.8 Å². The molecule has 1 N–H and O–H groups in total. The first-order valence-corrected chi connectivity index (χ1v) is 7.09. The molecule has 1 aliphatic heterocycles. The van der Waals surface area contributed by atoms with Gasteiger partial charge in [0.05, 0.1) is 6.54 Å². The van der Waals surface area contributed by atoms with E-state index in [1.807, 2.05) is 25.7 Å². The van der Waals surface area contributed by atoms with Gasteiger partial charge in [0, 0.05) is 13.1 Å². The third-order valence-corrected chi connectivity index (χ3v) is 4.18. The van der Waals surface area contributed by atoms with Crippen molar-refractivity contribution in [2.45, 2.75) is 58.0 Å². The molecule has 0 saturated carbocycles. The summed E-state index contributed by atoms with van der Waals surface area (Å²) in [5.74, 6) is -0.787. The third kappa shape index (κ3) is 3.26. The van der Waals surface area contributed by atoms with Crippen LogP contribution in [0.1, 0.15) is 46.5 Å². The summed E-state index contributed by atoms with van der Waals surface area (Å²) in [6.45, 7) is 6.81. The lowest BCUT2D eigenvalue weighted by atomic mass is 9.90. The molecule has 5 heteroatoms. The maximum Gasteiger partial charge on any atom is 0.324 e. The van der Waals surface area contributed by atoms with Gasteiger partial charge in [0.2, 0.25) is 5.91 Å². The van der Waals surface area contributed by atoms with Crippen LogP contribution in [0.3, 0.4) is 0 Å². The highest BCUT2D eigenvalue weighted by Crippen LogP contribution is 2.33. The number of likely N-dealkylation sites (tertiary alicyclic amines) is 1. The minimum atomic E-state index is -0.831. The van der Waals surface area contributed by atoms with E-state index in [4.69, 9.17) is 0 Å². The minimum absolute atomic E-state index is 0.00127. The fourth-order valence-electron chi connectivity index (χ4n) is 2.77. The van der Waals surface area contributed by atoms with Crippen LogP contribution in [-0.2, 0) is 9.59 Å². The van der Waals surface area contributed by atoms with Gasteiger partial charge in [0.15, 0.2) is 0 Å². The number of aliphatic carboxylic acids is 1. The van der Waals surface area contributed by atoms with Crippen LogP contribution in [0.2, 0.25) is 0 Å². The van der Waals surface area contributed by atoms with Crippen LogP contribution in [0.4, 0.5) is 0 Å². The second-order valence-electron chi connectivity index (χ2n) is 5.71. The van der Waals surface area contributed by atoms with Crippen molar-refractivity contribution < 1.29 is 14.7 Å². The largest absolute Gasteiger partial charge is 0.480 e. The molecule has 1 rings (SSSR count). The van der Waals surface area contributed by atoms with Gasteiger partial charge in [-0.3, -0.25) is 14.5 Å². The number of likely N-dealkylation sites (N-methyl/N-ethyl adjacent to an activating group) is 1. The zero-order valence-corrected chi connectivity index (χ0v) is 12.5. The standard InChI is InChI=1S/C14H26N2O3/c1-5-7-14(13(18)19)8-6-9-16(14)10-12(17)15(4)11(2)3/h11H,5-10H2,1-4H3,(H,18,19). The molecular weight excluding hydrogens is 244 g/mol. The van der Waals surface area contributed by atoms with Crippen molar-refractivity contribution in [1.29, 1.82) is 0 Å². The van der Waals surface area contributed by atoms with Crippen LogP contribution in [0, 0.1) is 0 Å². The average molecular weight is 270 g/mol. The fraction of sp³-hybridized carbons (Fsp3) is 0.857. The van der Waals surface area contributed by atoms with Crippen LogP contribution in [0.25, 0.3) is 0 Å². The van der Waals surface area contributed by atoms with Gasteiger partial charge in [-0.2, -0.15) is 0 Å². The molecule has 0 aromatic heterocycles. The topological polar surface area (TPSA) is 60.9 Å². The quantitative estimate of drug-likeness (QED) is 0.796. The maximum absolute atomic E-state index is 12.1. The molecule has 0 spiro atoms. The minimum Gasteiger partial charge on any atom is -0.480 e. The Kier molecular flexibility index (Phi) is 5.35. The van der Waals surface area contributed by atoms with Gasteiger partial charge in [-0.05, 0) is 39.7 Å². The van der Waals surface area contributed by atoms with Gasteiger partial charge in [-0.25, -0.2) is 0 Å². The summed E-state index contributed by atoms with van der Waals surface area (Å²) in [5, 5.41) is 9.56. The Balaban J connectivity index is 2.81. The van der Waals surface area contributed by atoms with Gasteiger partial charge < -0.3 is 10.0 Å². The van der Waals surface area contributed by atoms with Crippen LogP contribution in [-0.4, -0.2) is 58.5 Å².